The summed E-state index contributed by atoms with van der Waals surface area (Å²) in [6, 6.07) is 0. The molecule has 6 atom stereocenters. The predicted octanol–water partition coefficient (Wildman–Crippen LogP) is -1.48. The lowest BCUT2D eigenvalue weighted by molar-refractivity contribution is -0.146. The summed E-state index contributed by atoms with van der Waals surface area (Å²) in [5, 5.41) is 17.2. The third-order valence-electron chi connectivity index (χ3n) is 4.54. The second-order valence-corrected chi connectivity index (χ2v) is 5.35. The summed E-state index contributed by atoms with van der Waals surface area (Å²) in [6.45, 7) is 0. The lowest BCUT2D eigenvalue weighted by Gasteiger charge is -2.27. The number of nitrogens with zero attached hydrogens (tertiary/aromatic N) is 3. The van der Waals surface area contributed by atoms with Crippen LogP contribution in [-0.4, -0.2) is 44.1 Å². The van der Waals surface area contributed by atoms with Crippen molar-refractivity contribution < 1.29 is 19.4 Å². The standard InChI is InChI=1S/C11H12N4O4/c16-8-4-1-5-7(11(18)19-9(5)8)6(4)10(17)14-15-2-12-13-3-15/h2-9,16H,1H2,(H,14,17). The number of rotatable bonds is 2. The summed E-state index contributed by atoms with van der Waals surface area (Å²) in [6.07, 6.45) is 2.24. The number of esters is 1. The number of carbonyl (C=O) groups is 2. The van der Waals surface area contributed by atoms with Gasteiger partial charge in [0.25, 0.3) is 0 Å². The Balaban J connectivity index is 1.61. The van der Waals surface area contributed by atoms with Crippen molar-refractivity contribution in [1.29, 1.82) is 0 Å². The number of carbonyl (C=O) groups excluding carboxylic acids is 2. The fraction of sp³-hybridized carbons (Fsp3) is 0.636. The third-order valence-corrected chi connectivity index (χ3v) is 4.54. The minimum Gasteiger partial charge on any atom is -0.459 e. The first kappa shape index (κ1) is 10.9. The Morgan fingerprint density at radius 2 is 2.16 bits per heavy atom. The summed E-state index contributed by atoms with van der Waals surface area (Å²) >= 11 is 0. The maximum absolute atomic E-state index is 12.3. The van der Waals surface area contributed by atoms with E-state index < -0.39 is 24.0 Å². The van der Waals surface area contributed by atoms with E-state index in [0.717, 1.165) is 0 Å². The number of ether oxygens (including phenoxy) is 1. The van der Waals surface area contributed by atoms with Gasteiger partial charge in [-0.1, -0.05) is 0 Å². The molecule has 0 spiro atoms. The van der Waals surface area contributed by atoms with Crippen molar-refractivity contribution in [3.63, 3.8) is 0 Å². The summed E-state index contributed by atoms with van der Waals surface area (Å²) < 4.78 is 6.50. The van der Waals surface area contributed by atoms with Gasteiger partial charge in [-0.05, 0) is 6.42 Å². The van der Waals surface area contributed by atoms with Crippen LogP contribution in [0.15, 0.2) is 12.7 Å². The first-order valence-electron chi connectivity index (χ1n) is 6.21. The molecule has 0 radical (unpaired) electrons. The van der Waals surface area contributed by atoms with Gasteiger partial charge < -0.3 is 9.84 Å². The largest absolute Gasteiger partial charge is 0.459 e. The zero-order valence-electron chi connectivity index (χ0n) is 9.84. The minimum absolute atomic E-state index is 0.0239. The average molecular weight is 264 g/mol. The van der Waals surface area contributed by atoms with Crippen LogP contribution in [0.3, 0.4) is 0 Å². The molecule has 2 N–H and O–H groups in total. The van der Waals surface area contributed by atoms with Crippen LogP contribution in [0.1, 0.15) is 6.42 Å². The number of nitrogens with one attached hydrogen (secondary N) is 1. The zero-order valence-corrected chi connectivity index (χ0v) is 9.84. The molecule has 1 amide bonds. The average Bonchev–Trinajstić information content (AvgIpc) is 3.07. The predicted molar refractivity (Wildman–Crippen MR) is 58.9 cm³/mol. The van der Waals surface area contributed by atoms with Crippen LogP contribution < -0.4 is 5.43 Å². The van der Waals surface area contributed by atoms with E-state index in [1.807, 2.05) is 0 Å². The Morgan fingerprint density at radius 3 is 2.89 bits per heavy atom. The fourth-order valence-corrected chi connectivity index (χ4v) is 3.84. The van der Waals surface area contributed by atoms with Gasteiger partial charge in [0, 0.05) is 11.8 Å². The van der Waals surface area contributed by atoms with E-state index >= 15 is 0 Å². The van der Waals surface area contributed by atoms with E-state index in [9.17, 15) is 14.7 Å². The van der Waals surface area contributed by atoms with Crippen molar-refractivity contribution in [1.82, 2.24) is 14.9 Å². The molecule has 1 aliphatic heterocycles. The molecular weight excluding hydrogens is 252 g/mol. The first-order chi connectivity index (χ1) is 9.16. The summed E-state index contributed by atoms with van der Waals surface area (Å²) in [7, 11) is 0. The molecule has 1 aromatic heterocycles. The first-order valence-corrected chi connectivity index (χ1v) is 6.21. The molecule has 3 aliphatic rings. The molecular formula is C11H12N4O4. The molecule has 2 heterocycles. The van der Waals surface area contributed by atoms with Crippen LogP contribution >= 0.6 is 0 Å². The quantitative estimate of drug-likeness (QED) is 0.631. The van der Waals surface area contributed by atoms with Gasteiger partial charge in [-0.25, -0.2) is 4.68 Å². The molecule has 8 nitrogen and oxygen atoms in total. The maximum atomic E-state index is 12.3. The number of aliphatic hydroxyl groups excluding tert-OH is 1. The Hall–Kier alpha value is -1.96. The molecule has 8 heteroatoms. The topological polar surface area (TPSA) is 106 Å². The number of fused-ring (bicyclic) bond motifs is 1. The number of hydrogen-bond donors (Lipinski definition) is 2. The van der Waals surface area contributed by atoms with Crippen molar-refractivity contribution in [3.05, 3.63) is 12.7 Å². The van der Waals surface area contributed by atoms with Crippen LogP contribution in [0.2, 0.25) is 0 Å². The second-order valence-electron chi connectivity index (χ2n) is 5.35. The van der Waals surface area contributed by atoms with Crippen molar-refractivity contribution in [2.75, 3.05) is 5.43 Å². The normalized spacial score (nSPS) is 42.5. The molecule has 2 saturated carbocycles. The van der Waals surface area contributed by atoms with E-state index in [2.05, 4.69) is 15.6 Å². The Kier molecular flexibility index (Phi) is 2.03. The highest BCUT2D eigenvalue weighted by atomic mass is 16.6. The van der Waals surface area contributed by atoms with Gasteiger partial charge in [0.2, 0.25) is 5.91 Å². The summed E-state index contributed by atoms with van der Waals surface area (Å²) in [5.41, 5.74) is 2.61. The van der Waals surface area contributed by atoms with E-state index in [0.29, 0.717) is 6.42 Å². The lowest BCUT2D eigenvalue weighted by atomic mass is 9.78. The Bertz CT molecular complexity index is 545. The summed E-state index contributed by atoms with van der Waals surface area (Å²) in [5.74, 6) is -1.85. The van der Waals surface area contributed by atoms with Gasteiger partial charge in [-0.2, -0.15) is 0 Å². The monoisotopic (exact) mass is 264 g/mol. The number of amides is 1. The third kappa shape index (κ3) is 1.31. The van der Waals surface area contributed by atoms with Crippen molar-refractivity contribution >= 4 is 11.9 Å². The molecule has 4 rings (SSSR count). The highest BCUT2D eigenvalue weighted by Crippen LogP contribution is 2.57. The molecule has 1 aromatic rings. The van der Waals surface area contributed by atoms with Crippen LogP contribution in [0.25, 0.3) is 0 Å². The van der Waals surface area contributed by atoms with Crippen LogP contribution in [0, 0.1) is 23.7 Å². The van der Waals surface area contributed by atoms with E-state index in [4.69, 9.17) is 4.74 Å². The van der Waals surface area contributed by atoms with E-state index in [-0.39, 0.29) is 23.7 Å². The van der Waals surface area contributed by atoms with Gasteiger partial charge >= 0.3 is 5.97 Å². The minimum atomic E-state index is -0.732. The Morgan fingerprint density at radius 1 is 1.42 bits per heavy atom. The SMILES string of the molecule is O=C(Nn1cnnc1)C1C2CC3C(OC(=O)C31)C2O. The molecule has 0 aromatic carbocycles. The van der Waals surface area contributed by atoms with Gasteiger partial charge in [-0.15, -0.1) is 10.2 Å². The van der Waals surface area contributed by atoms with E-state index in [1.165, 1.54) is 17.3 Å². The smallest absolute Gasteiger partial charge is 0.310 e. The fourth-order valence-electron chi connectivity index (χ4n) is 3.84. The highest BCUT2D eigenvalue weighted by Gasteiger charge is 2.68. The molecule has 19 heavy (non-hydrogen) atoms. The molecule has 2 bridgehead atoms. The van der Waals surface area contributed by atoms with Crippen LogP contribution in [0.5, 0.6) is 0 Å². The van der Waals surface area contributed by atoms with Gasteiger partial charge in [-0.3, -0.25) is 15.0 Å². The van der Waals surface area contributed by atoms with Gasteiger partial charge in [0.15, 0.2) is 0 Å². The summed E-state index contributed by atoms with van der Waals surface area (Å²) in [4.78, 5) is 24.1. The van der Waals surface area contributed by atoms with Crippen LogP contribution in [-0.2, 0) is 14.3 Å². The second kappa shape index (κ2) is 3.53. The van der Waals surface area contributed by atoms with Gasteiger partial charge in [0.1, 0.15) is 18.8 Å². The van der Waals surface area contributed by atoms with Crippen molar-refractivity contribution in [2.24, 2.45) is 23.7 Å². The van der Waals surface area contributed by atoms with Crippen molar-refractivity contribution in [2.45, 2.75) is 18.6 Å². The molecule has 6 unspecified atom stereocenters. The lowest BCUT2D eigenvalue weighted by Crippen LogP contribution is -2.44. The van der Waals surface area contributed by atoms with Crippen molar-refractivity contribution in [3.8, 4) is 0 Å². The zero-order chi connectivity index (χ0) is 13.1. The maximum Gasteiger partial charge on any atom is 0.310 e. The number of hydrogen-bond acceptors (Lipinski definition) is 6. The number of aromatic nitrogens is 3. The molecule has 2 aliphatic carbocycles. The van der Waals surface area contributed by atoms with Gasteiger partial charge in [0.05, 0.1) is 17.9 Å². The highest BCUT2D eigenvalue weighted by molar-refractivity contribution is 5.92. The molecule has 1 saturated heterocycles. The number of aliphatic hydroxyl groups is 1. The Labute approximate surface area is 107 Å². The molecule has 3 fully saturated rings. The molecule has 100 valence electrons. The van der Waals surface area contributed by atoms with Crippen LogP contribution in [0.4, 0.5) is 0 Å². The van der Waals surface area contributed by atoms with E-state index in [1.54, 1.807) is 0 Å².